The maximum absolute atomic E-state index is 10.3. The van der Waals surface area contributed by atoms with Crippen molar-refractivity contribution in [3.05, 3.63) is 47.8 Å². The summed E-state index contributed by atoms with van der Waals surface area (Å²) in [6.45, 7) is 0.659. The Morgan fingerprint density at radius 1 is 1.25 bits per heavy atom. The number of carboxylic acid groups (broad SMARTS) is 1. The van der Waals surface area contributed by atoms with Crippen LogP contribution in [0.2, 0.25) is 0 Å². The number of anilines is 1. The quantitative estimate of drug-likeness (QED) is 0.228. The van der Waals surface area contributed by atoms with Crippen molar-refractivity contribution in [1.29, 1.82) is 5.41 Å². The van der Waals surface area contributed by atoms with E-state index in [1.165, 1.54) is 16.3 Å². The average molecular weight is 384 g/mol. The first-order valence-electron chi connectivity index (χ1n) is 9.17. The van der Waals surface area contributed by atoms with E-state index in [4.69, 9.17) is 22.0 Å². The Labute approximate surface area is 164 Å². The molecule has 3 rings (SSSR count). The second-order valence-electron chi connectivity index (χ2n) is 6.47. The third-order valence-electron chi connectivity index (χ3n) is 4.34. The zero-order valence-corrected chi connectivity index (χ0v) is 16.0. The number of hydrogen-bond acceptors (Lipinski definition) is 5. The fourth-order valence-electron chi connectivity index (χ4n) is 2.87. The highest BCUT2D eigenvalue weighted by Crippen LogP contribution is 2.31. The predicted molar refractivity (Wildman–Crippen MR) is 114 cm³/mol. The van der Waals surface area contributed by atoms with Crippen LogP contribution < -0.4 is 27.4 Å². The van der Waals surface area contributed by atoms with Gasteiger partial charge in [0.15, 0.2) is 5.96 Å². The summed E-state index contributed by atoms with van der Waals surface area (Å²) < 4.78 is 0. The van der Waals surface area contributed by atoms with Crippen molar-refractivity contribution in [1.82, 2.24) is 10.6 Å². The van der Waals surface area contributed by atoms with Crippen molar-refractivity contribution in [3.63, 3.8) is 0 Å². The number of guanidine groups is 1. The molecular weight excluding hydrogens is 356 g/mol. The monoisotopic (exact) mass is 384 g/mol. The molecule has 1 aliphatic heterocycles. The van der Waals surface area contributed by atoms with E-state index in [-0.39, 0.29) is 5.96 Å². The van der Waals surface area contributed by atoms with Gasteiger partial charge in [0.05, 0.1) is 0 Å². The molecular formula is C20H28N6O2. The van der Waals surface area contributed by atoms with Crippen molar-refractivity contribution in [2.45, 2.75) is 25.3 Å². The Balaban J connectivity index is 0.000000200. The Hall–Kier alpha value is -3.26. The Kier molecular flexibility index (Phi) is 7.65. The summed E-state index contributed by atoms with van der Waals surface area (Å²) in [4.78, 5) is 10.3. The maximum atomic E-state index is 10.3. The summed E-state index contributed by atoms with van der Waals surface area (Å²) >= 11 is 0. The van der Waals surface area contributed by atoms with Crippen LogP contribution in [-0.4, -0.2) is 36.7 Å². The number of benzene rings is 2. The Bertz CT molecular complexity index is 860. The van der Waals surface area contributed by atoms with Crippen molar-refractivity contribution in [3.8, 4) is 0 Å². The number of carbonyl (C=O) groups is 1. The molecule has 0 unspecified atom stereocenters. The van der Waals surface area contributed by atoms with Crippen molar-refractivity contribution < 1.29 is 9.90 Å². The van der Waals surface area contributed by atoms with Gasteiger partial charge in [0.2, 0.25) is 0 Å². The maximum Gasteiger partial charge on any atom is 0.320 e. The zero-order valence-electron chi connectivity index (χ0n) is 16.0. The van der Waals surface area contributed by atoms with Crippen LogP contribution in [0.3, 0.4) is 0 Å². The fourth-order valence-corrected chi connectivity index (χ4v) is 2.87. The normalized spacial score (nSPS) is 12.7. The van der Waals surface area contributed by atoms with Gasteiger partial charge in [0, 0.05) is 24.7 Å². The van der Waals surface area contributed by atoms with Gasteiger partial charge in [-0.05, 0) is 42.4 Å². The summed E-state index contributed by atoms with van der Waals surface area (Å²) in [6, 6.07) is 11.7. The summed E-state index contributed by atoms with van der Waals surface area (Å²) in [5.41, 5.74) is 13.4. The van der Waals surface area contributed by atoms with E-state index in [0.29, 0.717) is 18.8 Å². The number of hydrogen-bond donors (Lipinski definition) is 7. The lowest BCUT2D eigenvalue weighted by molar-refractivity contribution is -0.138. The number of rotatable bonds is 6. The van der Waals surface area contributed by atoms with Crippen molar-refractivity contribution in [2.24, 2.45) is 11.5 Å². The number of nitrogens with two attached hydrogens (primary N) is 2. The zero-order chi connectivity index (χ0) is 20.5. The SMILES string of the molecule is CNC(=N)NCCCC[C@H](N)C(=O)O.NC1=Cc2cccc3cccc(c23)N1. The standard InChI is InChI=1S/C12H10N2.C8H18N4O2/c13-11-7-9-5-1-3-8-4-2-6-10(14-11)12(8)9;1-11-8(10)12-5-3-2-4-6(9)7(13)14/h1-7,14H,13H2;6H,2-5,9H2,1H3,(H,13,14)(H3,10,11,12)/t;6-/m.0/s1. The first kappa shape index (κ1) is 21.0. The highest BCUT2D eigenvalue weighted by Gasteiger charge is 2.10. The molecule has 0 saturated carbocycles. The molecule has 8 nitrogen and oxygen atoms in total. The van der Waals surface area contributed by atoms with E-state index in [9.17, 15) is 4.79 Å². The van der Waals surface area contributed by atoms with E-state index < -0.39 is 12.0 Å². The predicted octanol–water partition coefficient (Wildman–Crippen LogP) is 1.83. The minimum absolute atomic E-state index is 0.271. The molecule has 1 atom stereocenters. The highest BCUT2D eigenvalue weighted by atomic mass is 16.4. The minimum Gasteiger partial charge on any atom is -0.480 e. The smallest absolute Gasteiger partial charge is 0.320 e. The lowest BCUT2D eigenvalue weighted by atomic mass is 10.0. The van der Waals surface area contributed by atoms with E-state index in [1.54, 1.807) is 7.05 Å². The lowest BCUT2D eigenvalue weighted by Gasteiger charge is -2.16. The summed E-state index contributed by atoms with van der Waals surface area (Å²) in [6.07, 6.45) is 4.00. The van der Waals surface area contributed by atoms with Gasteiger partial charge in [-0.2, -0.15) is 0 Å². The molecule has 0 radical (unpaired) electrons. The number of nitrogens with one attached hydrogen (secondary N) is 4. The van der Waals surface area contributed by atoms with E-state index in [0.717, 1.165) is 18.5 Å². The first-order valence-corrected chi connectivity index (χ1v) is 9.17. The molecule has 1 aliphatic rings. The van der Waals surface area contributed by atoms with Crippen LogP contribution in [0.15, 0.2) is 42.2 Å². The third kappa shape index (κ3) is 5.88. The number of unbranched alkanes of at least 4 members (excludes halogenated alkanes) is 1. The summed E-state index contributed by atoms with van der Waals surface area (Å²) in [7, 11) is 1.66. The van der Waals surface area contributed by atoms with Crippen molar-refractivity contribution >= 4 is 34.5 Å². The van der Waals surface area contributed by atoms with Gasteiger partial charge in [-0.25, -0.2) is 0 Å². The average Bonchev–Trinajstić information content (AvgIpc) is 2.68. The molecule has 0 spiro atoms. The fraction of sp³-hybridized carbons (Fsp3) is 0.300. The van der Waals surface area contributed by atoms with Gasteiger partial charge in [0.1, 0.15) is 11.9 Å². The number of carboxylic acids is 1. The molecule has 1 heterocycles. The van der Waals surface area contributed by atoms with Crippen LogP contribution in [0, 0.1) is 5.41 Å². The van der Waals surface area contributed by atoms with Gasteiger partial charge >= 0.3 is 5.97 Å². The van der Waals surface area contributed by atoms with Crippen LogP contribution in [0.1, 0.15) is 24.8 Å². The highest BCUT2D eigenvalue weighted by molar-refractivity contribution is 6.02. The molecule has 0 amide bonds. The lowest BCUT2D eigenvalue weighted by Crippen LogP contribution is -2.34. The van der Waals surface area contributed by atoms with E-state index >= 15 is 0 Å². The summed E-state index contributed by atoms with van der Waals surface area (Å²) in [5.74, 6) is 0.0182. The van der Waals surface area contributed by atoms with Gasteiger partial charge in [0.25, 0.3) is 0 Å². The molecule has 0 aromatic heterocycles. The number of aliphatic carboxylic acids is 1. The molecule has 0 saturated heterocycles. The first-order chi connectivity index (χ1) is 13.4. The van der Waals surface area contributed by atoms with Gasteiger partial charge < -0.3 is 32.5 Å². The van der Waals surface area contributed by atoms with Crippen LogP contribution in [-0.2, 0) is 4.79 Å². The Morgan fingerprint density at radius 2 is 1.96 bits per heavy atom. The molecule has 28 heavy (non-hydrogen) atoms. The third-order valence-corrected chi connectivity index (χ3v) is 4.34. The molecule has 0 fully saturated rings. The van der Waals surface area contributed by atoms with Crippen LogP contribution in [0.25, 0.3) is 16.8 Å². The molecule has 2 aromatic rings. The van der Waals surface area contributed by atoms with E-state index in [2.05, 4.69) is 40.2 Å². The molecule has 0 aliphatic carbocycles. The summed E-state index contributed by atoms with van der Waals surface area (Å²) in [5, 5.41) is 26.8. The molecule has 2 aromatic carbocycles. The Morgan fingerprint density at radius 3 is 2.64 bits per heavy atom. The van der Waals surface area contributed by atoms with Crippen LogP contribution >= 0.6 is 0 Å². The molecule has 150 valence electrons. The minimum atomic E-state index is -0.957. The topological polar surface area (TPSA) is 149 Å². The molecule has 9 N–H and O–H groups in total. The van der Waals surface area contributed by atoms with Crippen LogP contribution in [0.5, 0.6) is 0 Å². The van der Waals surface area contributed by atoms with Gasteiger partial charge in [-0.15, -0.1) is 0 Å². The second kappa shape index (κ2) is 10.2. The van der Waals surface area contributed by atoms with Gasteiger partial charge in [-0.1, -0.05) is 30.3 Å². The molecule has 8 heteroatoms. The largest absolute Gasteiger partial charge is 0.480 e. The second-order valence-corrected chi connectivity index (χ2v) is 6.47. The molecule has 0 bridgehead atoms. The van der Waals surface area contributed by atoms with E-state index in [1.807, 2.05) is 18.2 Å². The van der Waals surface area contributed by atoms with Crippen molar-refractivity contribution in [2.75, 3.05) is 18.9 Å². The van der Waals surface area contributed by atoms with Gasteiger partial charge in [-0.3, -0.25) is 10.2 Å². The van der Waals surface area contributed by atoms with Crippen LogP contribution in [0.4, 0.5) is 5.69 Å².